The molecule has 2 nitrogen and oxygen atoms in total. The van der Waals surface area contributed by atoms with E-state index in [4.69, 9.17) is 0 Å². The van der Waals surface area contributed by atoms with Crippen molar-refractivity contribution < 1.29 is 9.90 Å². The van der Waals surface area contributed by atoms with Crippen LogP contribution in [0.15, 0.2) is 0 Å². The van der Waals surface area contributed by atoms with E-state index in [1.165, 1.54) is 6.42 Å². The van der Waals surface area contributed by atoms with Crippen molar-refractivity contribution in [3.05, 3.63) is 0 Å². The SMILES string of the molecule is CCCC1(C(=O)O)CCC(CC)CC1. The van der Waals surface area contributed by atoms with Gasteiger partial charge in [0.25, 0.3) is 0 Å². The highest BCUT2D eigenvalue weighted by molar-refractivity contribution is 5.74. The number of carboxylic acid groups (broad SMARTS) is 1. The van der Waals surface area contributed by atoms with E-state index in [1.54, 1.807) is 0 Å². The minimum Gasteiger partial charge on any atom is -0.481 e. The van der Waals surface area contributed by atoms with E-state index in [0.717, 1.165) is 44.4 Å². The molecule has 0 aromatic rings. The van der Waals surface area contributed by atoms with E-state index < -0.39 is 5.97 Å². The van der Waals surface area contributed by atoms with E-state index in [9.17, 15) is 9.90 Å². The zero-order valence-electron chi connectivity index (χ0n) is 9.38. The Kier molecular flexibility index (Phi) is 3.97. The number of hydrogen-bond acceptors (Lipinski definition) is 1. The zero-order chi connectivity index (χ0) is 10.6. The highest BCUT2D eigenvalue weighted by Gasteiger charge is 2.40. The van der Waals surface area contributed by atoms with Crippen LogP contribution in [0.25, 0.3) is 0 Å². The predicted molar refractivity (Wildman–Crippen MR) is 57.2 cm³/mol. The Hall–Kier alpha value is -0.530. The lowest BCUT2D eigenvalue weighted by Gasteiger charge is -2.36. The van der Waals surface area contributed by atoms with Crippen molar-refractivity contribution in [3.8, 4) is 0 Å². The average Bonchev–Trinajstić information content (AvgIpc) is 2.19. The molecule has 1 aliphatic rings. The molecule has 2 heteroatoms. The van der Waals surface area contributed by atoms with Gasteiger partial charge in [0, 0.05) is 0 Å². The summed E-state index contributed by atoms with van der Waals surface area (Å²) in [5.41, 5.74) is -0.375. The Balaban J connectivity index is 2.59. The fraction of sp³-hybridized carbons (Fsp3) is 0.917. The zero-order valence-corrected chi connectivity index (χ0v) is 9.38. The Morgan fingerprint density at radius 2 is 1.93 bits per heavy atom. The van der Waals surface area contributed by atoms with Crippen LogP contribution >= 0.6 is 0 Å². The first kappa shape index (κ1) is 11.5. The van der Waals surface area contributed by atoms with Gasteiger partial charge in [0.15, 0.2) is 0 Å². The van der Waals surface area contributed by atoms with Crippen molar-refractivity contribution in [1.29, 1.82) is 0 Å². The summed E-state index contributed by atoms with van der Waals surface area (Å²) in [7, 11) is 0. The molecule has 82 valence electrons. The van der Waals surface area contributed by atoms with Gasteiger partial charge in [0.2, 0.25) is 0 Å². The van der Waals surface area contributed by atoms with Crippen molar-refractivity contribution in [1.82, 2.24) is 0 Å². The van der Waals surface area contributed by atoms with Crippen LogP contribution in [0.4, 0.5) is 0 Å². The van der Waals surface area contributed by atoms with Gasteiger partial charge < -0.3 is 5.11 Å². The number of aliphatic carboxylic acids is 1. The second kappa shape index (κ2) is 4.81. The third-order valence-corrected chi connectivity index (χ3v) is 3.82. The molecule has 1 fully saturated rings. The van der Waals surface area contributed by atoms with Crippen LogP contribution in [0.3, 0.4) is 0 Å². The molecule has 0 saturated heterocycles. The summed E-state index contributed by atoms with van der Waals surface area (Å²) in [6.45, 7) is 4.29. The van der Waals surface area contributed by atoms with Gasteiger partial charge in [-0.2, -0.15) is 0 Å². The summed E-state index contributed by atoms with van der Waals surface area (Å²) >= 11 is 0. The molecule has 0 atom stereocenters. The van der Waals surface area contributed by atoms with Crippen molar-refractivity contribution in [2.75, 3.05) is 0 Å². The first-order valence-corrected chi connectivity index (χ1v) is 5.88. The summed E-state index contributed by atoms with van der Waals surface area (Å²) in [5, 5.41) is 9.28. The van der Waals surface area contributed by atoms with Crippen molar-refractivity contribution in [3.63, 3.8) is 0 Å². The summed E-state index contributed by atoms with van der Waals surface area (Å²) in [4.78, 5) is 11.3. The first-order valence-electron chi connectivity index (χ1n) is 5.88. The molecule has 0 unspecified atom stereocenters. The smallest absolute Gasteiger partial charge is 0.309 e. The number of hydrogen-bond donors (Lipinski definition) is 1. The van der Waals surface area contributed by atoms with E-state index in [1.807, 2.05) is 0 Å². The predicted octanol–water partition coefficient (Wildman–Crippen LogP) is 3.46. The molecule has 1 N–H and O–H groups in total. The maximum Gasteiger partial charge on any atom is 0.309 e. The minimum absolute atomic E-state index is 0.375. The molecule has 0 amide bonds. The minimum atomic E-state index is -0.561. The van der Waals surface area contributed by atoms with Crippen LogP contribution in [0.1, 0.15) is 58.8 Å². The number of carbonyl (C=O) groups is 1. The molecule has 1 aliphatic carbocycles. The molecule has 1 rings (SSSR count). The van der Waals surface area contributed by atoms with E-state index in [0.29, 0.717) is 0 Å². The van der Waals surface area contributed by atoms with Crippen molar-refractivity contribution >= 4 is 5.97 Å². The van der Waals surface area contributed by atoms with Crippen LogP contribution in [-0.2, 0) is 4.79 Å². The molecule has 14 heavy (non-hydrogen) atoms. The average molecular weight is 198 g/mol. The maximum atomic E-state index is 11.3. The van der Waals surface area contributed by atoms with Gasteiger partial charge in [0.05, 0.1) is 5.41 Å². The highest BCUT2D eigenvalue weighted by atomic mass is 16.4. The second-order valence-electron chi connectivity index (χ2n) is 4.69. The van der Waals surface area contributed by atoms with E-state index in [2.05, 4.69) is 13.8 Å². The Morgan fingerprint density at radius 3 is 2.29 bits per heavy atom. The summed E-state index contributed by atoms with van der Waals surface area (Å²) in [6.07, 6.45) is 7.08. The third kappa shape index (κ3) is 2.28. The van der Waals surface area contributed by atoms with Crippen molar-refractivity contribution in [2.24, 2.45) is 11.3 Å². The van der Waals surface area contributed by atoms with Crippen LogP contribution in [0.5, 0.6) is 0 Å². The van der Waals surface area contributed by atoms with Crippen molar-refractivity contribution in [2.45, 2.75) is 58.8 Å². The van der Waals surface area contributed by atoms with Gasteiger partial charge in [0.1, 0.15) is 0 Å². The molecule has 0 aromatic carbocycles. The summed E-state index contributed by atoms with van der Waals surface area (Å²) < 4.78 is 0. The van der Waals surface area contributed by atoms with Gasteiger partial charge in [-0.25, -0.2) is 0 Å². The first-order chi connectivity index (χ1) is 6.64. The Morgan fingerprint density at radius 1 is 1.36 bits per heavy atom. The Labute approximate surface area is 86.7 Å². The molecular formula is C12H22O2. The molecule has 0 radical (unpaired) electrons. The van der Waals surface area contributed by atoms with Crippen LogP contribution in [0.2, 0.25) is 0 Å². The molecule has 0 spiro atoms. The quantitative estimate of drug-likeness (QED) is 0.751. The van der Waals surface area contributed by atoms with E-state index in [-0.39, 0.29) is 5.41 Å². The number of rotatable bonds is 4. The third-order valence-electron chi connectivity index (χ3n) is 3.82. The maximum absolute atomic E-state index is 11.3. The lowest BCUT2D eigenvalue weighted by atomic mass is 9.68. The topological polar surface area (TPSA) is 37.3 Å². The Bertz CT molecular complexity index is 190. The van der Waals surface area contributed by atoms with Crippen LogP contribution in [-0.4, -0.2) is 11.1 Å². The molecule has 0 aliphatic heterocycles. The standard InChI is InChI=1S/C12H22O2/c1-3-7-12(11(13)14)8-5-10(4-2)6-9-12/h10H,3-9H2,1-2H3,(H,13,14). The largest absolute Gasteiger partial charge is 0.481 e. The van der Waals surface area contributed by atoms with Gasteiger partial charge in [-0.15, -0.1) is 0 Å². The second-order valence-corrected chi connectivity index (χ2v) is 4.69. The van der Waals surface area contributed by atoms with Gasteiger partial charge >= 0.3 is 5.97 Å². The lowest BCUT2D eigenvalue weighted by Crippen LogP contribution is -2.35. The molecule has 0 heterocycles. The molecule has 1 saturated carbocycles. The lowest BCUT2D eigenvalue weighted by molar-refractivity contribution is -0.152. The summed E-state index contributed by atoms with van der Waals surface area (Å²) in [5.74, 6) is 0.216. The van der Waals surface area contributed by atoms with Gasteiger partial charge in [-0.3, -0.25) is 4.79 Å². The van der Waals surface area contributed by atoms with Crippen LogP contribution < -0.4 is 0 Å². The molecule has 0 aromatic heterocycles. The van der Waals surface area contributed by atoms with Crippen LogP contribution in [0, 0.1) is 11.3 Å². The molecular weight excluding hydrogens is 176 g/mol. The van der Waals surface area contributed by atoms with E-state index >= 15 is 0 Å². The van der Waals surface area contributed by atoms with Gasteiger partial charge in [-0.1, -0.05) is 26.7 Å². The normalized spacial score (nSPS) is 32.9. The summed E-state index contributed by atoms with van der Waals surface area (Å²) in [6, 6.07) is 0. The fourth-order valence-corrected chi connectivity index (χ4v) is 2.69. The number of carboxylic acids is 1. The fourth-order valence-electron chi connectivity index (χ4n) is 2.69. The highest BCUT2D eigenvalue weighted by Crippen LogP contribution is 2.43. The van der Waals surface area contributed by atoms with Gasteiger partial charge in [-0.05, 0) is 38.0 Å². The monoisotopic (exact) mass is 198 g/mol. The molecule has 0 bridgehead atoms.